The van der Waals surface area contributed by atoms with Gasteiger partial charge in [0.2, 0.25) is 0 Å². The Kier molecular flexibility index (Phi) is 7.07. The van der Waals surface area contributed by atoms with Crippen LogP contribution in [-0.2, 0) is 31.6 Å². The monoisotopic (exact) mass is 482 g/mol. The van der Waals surface area contributed by atoms with Crippen LogP contribution in [0.5, 0.6) is 0 Å². The standard InChI is InChI=1S/C9H17N4O13P3/c10-8-7(9(11)15)12-3-13(8)6-1-4(14)5(24-6)2-23-28(19,20)26-29(21,22)25-27(16,17)18/h3-6,14H,1-2,10H2,(H2,11,15)(H,19,20)(H,21,22)(H2,16,17,18)/t4-,5+,6+/m0/s1. The van der Waals surface area contributed by atoms with Gasteiger partial charge in [-0.05, 0) is 0 Å². The molecule has 166 valence electrons. The summed E-state index contributed by atoms with van der Waals surface area (Å²) in [6.07, 6.45) is -2.48. The van der Waals surface area contributed by atoms with E-state index in [0.29, 0.717) is 0 Å². The molecule has 0 aliphatic carbocycles. The third kappa shape index (κ3) is 6.65. The predicted molar refractivity (Wildman–Crippen MR) is 89.5 cm³/mol. The number of hydrogen-bond acceptors (Lipinski definition) is 11. The van der Waals surface area contributed by atoms with Crippen molar-refractivity contribution < 1.29 is 61.1 Å². The molecule has 1 aromatic heterocycles. The summed E-state index contributed by atoms with van der Waals surface area (Å²) in [4.78, 5) is 50.2. The van der Waals surface area contributed by atoms with Gasteiger partial charge in [-0.15, -0.1) is 0 Å². The van der Waals surface area contributed by atoms with Gasteiger partial charge in [-0.2, -0.15) is 8.62 Å². The predicted octanol–water partition coefficient (Wildman–Crippen LogP) is -1.44. The zero-order chi connectivity index (χ0) is 22.2. The Hall–Kier alpha value is -1.19. The summed E-state index contributed by atoms with van der Waals surface area (Å²) in [5.74, 6) is -1.05. The number of phosphoric acid groups is 3. The Balaban J connectivity index is 1.99. The van der Waals surface area contributed by atoms with Crippen molar-refractivity contribution >= 4 is 35.2 Å². The SMILES string of the molecule is NC(=O)c1ncn([C@H]2C[C@H](O)[C@@H](COP(=O)(O)OP(=O)(O)OP(=O)(O)O)O2)c1N. The zero-order valence-corrected chi connectivity index (χ0v) is 16.8. The van der Waals surface area contributed by atoms with Crippen LogP contribution in [0, 0.1) is 0 Å². The van der Waals surface area contributed by atoms with E-state index >= 15 is 0 Å². The van der Waals surface area contributed by atoms with Crippen LogP contribution in [0.4, 0.5) is 5.82 Å². The van der Waals surface area contributed by atoms with Crippen LogP contribution in [-0.4, -0.2) is 59.0 Å². The molecule has 17 nitrogen and oxygen atoms in total. The molecule has 1 amide bonds. The van der Waals surface area contributed by atoms with Crippen LogP contribution in [0.2, 0.25) is 0 Å². The van der Waals surface area contributed by atoms with E-state index in [-0.39, 0.29) is 17.9 Å². The molecule has 2 rings (SSSR count). The molecule has 1 fully saturated rings. The van der Waals surface area contributed by atoms with Crippen LogP contribution < -0.4 is 11.5 Å². The Morgan fingerprint density at radius 2 is 1.86 bits per heavy atom. The first kappa shape index (κ1) is 24.1. The average Bonchev–Trinajstić information content (AvgIpc) is 3.04. The van der Waals surface area contributed by atoms with E-state index in [0.717, 1.165) is 6.33 Å². The highest BCUT2D eigenvalue weighted by molar-refractivity contribution is 7.66. The number of primary amides is 1. The van der Waals surface area contributed by atoms with Crippen LogP contribution in [0.1, 0.15) is 23.1 Å². The average molecular weight is 482 g/mol. The van der Waals surface area contributed by atoms with Gasteiger partial charge in [-0.1, -0.05) is 0 Å². The molecule has 29 heavy (non-hydrogen) atoms. The molecule has 2 unspecified atom stereocenters. The fraction of sp³-hybridized carbons (Fsp3) is 0.556. The van der Waals surface area contributed by atoms with E-state index in [2.05, 4.69) is 18.1 Å². The second kappa shape index (κ2) is 8.51. The van der Waals surface area contributed by atoms with Crippen molar-refractivity contribution in [1.29, 1.82) is 0 Å². The molecule has 9 N–H and O–H groups in total. The maximum atomic E-state index is 11.7. The van der Waals surface area contributed by atoms with E-state index in [9.17, 15) is 28.5 Å². The Morgan fingerprint density at radius 1 is 1.24 bits per heavy atom. The molecule has 0 aromatic carbocycles. The fourth-order valence-electron chi connectivity index (χ4n) is 2.30. The Bertz CT molecular complexity index is 913. The number of rotatable bonds is 9. The van der Waals surface area contributed by atoms with Crippen LogP contribution in [0.25, 0.3) is 0 Å². The summed E-state index contributed by atoms with van der Waals surface area (Å²) in [6.45, 7) is -0.849. The van der Waals surface area contributed by atoms with Crippen LogP contribution in [0.15, 0.2) is 6.33 Å². The number of imidazole rings is 1. The molecule has 20 heteroatoms. The van der Waals surface area contributed by atoms with E-state index in [1.807, 2.05) is 0 Å². The first-order valence-electron chi connectivity index (χ1n) is 7.34. The number of aliphatic hydroxyl groups is 1. The van der Waals surface area contributed by atoms with Gasteiger partial charge < -0.3 is 40.9 Å². The number of aromatic nitrogens is 2. The van der Waals surface area contributed by atoms with Gasteiger partial charge in [0.25, 0.3) is 5.91 Å². The first-order chi connectivity index (χ1) is 13.1. The smallest absolute Gasteiger partial charge is 0.390 e. The Morgan fingerprint density at radius 3 is 2.38 bits per heavy atom. The van der Waals surface area contributed by atoms with Gasteiger partial charge in [0.15, 0.2) is 5.69 Å². The largest absolute Gasteiger partial charge is 0.490 e. The van der Waals surface area contributed by atoms with Crippen LogP contribution in [0.3, 0.4) is 0 Å². The Labute approximate surface area is 161 Å². The second-order valence-electron chi connectivity index (χ2n) is 5.57. The first-order valence-corrected chi connectivity index (χ1v) is 11.9. The number of nitrogens with two attached hydrogens (primary N) is 2. The molecule has 0 spiro atoms. The normalized spacial score (nSPS) is 26.7. The van der Waals surface area contributed by atoms with Gasteiger partial charge in [-0.3, -0.25) is 13.9 Å². The molecule has 1 aromatic rings. The van der Waals surface area contributed by atoms with Crippen molar-refractivity contribution in [1.82, 2.24) is 9.55 Å². The summed E-state index contributed by atoms with van der Waals surface area (Å²) >= 11 is 0. The van der Waals surface area contributed by atoms with Crippen molar-refractivity contribution in [3.05, 3.63) is 12.0 Å². The highest BCUT2D eigenvalue weighted by atomic mass is 31.3. The number of hydrogen-bond donors (Lipinski definition) is 7. The minimum atomic E-state index is -5.66. The number of amides is 1. The van der Waals surface area contributed by atoms with Crippen LogP contribution >= 0.6 is 23.5 Å². The van der Waals surface area contributed by atoms with Gasteiger partial charge >= 0.3 is 23.5 Å². The van der Waals surface area contributed by atoms with Crippen molar-refractivity contribution in [2.75, 3.05) is 12.3 Å². The summed E-state index contributed by atoms with van der Waals surface area (Å²) in [6, 6.07) is 0. The van der Waals surface area contributed by atoms with Crippen molar-refractivity contribution in [3.8, 4) is 0 Å². The lowest BCUT2D eigenvalue weighted by Gasteiger charge is -2.19. The lowest BCUT2D eigenvalue weighted by molar-refractivity contribution is -0.0428. The fourth-order valence-corrected chi connectivity index (χ4v) is 5.33. The summed E-state index contributed by atoms with van der Waals surface area (Å²) in [5.41, 5.74) is 10.6. The van der Waals surface area contributed by atoms with E-state index < -0.39 is 54.4 Å². The third-order valence-electron chi connectivity index (χ3n) is 3.40. The quantitative estimate of drug-likeness (QED) is 0.198. The topological polar surface area (TPSA) is 276 Å². The molecule has 1 aliphatic rings. The van der Waals surface area contributed by atoms with Crippen molar-refractivity contribution in [2.24, 2.45) is 5.73 Å². The van der Waals surface area contributed by atoms with E-state index in [1.165, 1.54) is 4.57 Å². The van der Waals surface area contributed by atoms with Crippen molar-refractivity contribution in [2.45, 2.75) is 24.9 Å². The zero-order valence-electron chi connectivity index (χ0n) is 14.1. The minimum Gasteiger partial charge on any atom is -0.390 e. The van der Waals surface area contributed by atoms with Gasteiger partial charge in [-0.25, -0.2) is 18.7 Å². The van der Waals surface area contributed by atoms with Gasteiger partial charge in [0, 0.05) is 6.42 Å². The number of nitrogens with zero attached hydrogens (tertiary/aromatic N) is 2. The number of ether oxygens (including phenoxy) is 1. The second-order valence-corrected chi connectivity index (χ2v) is 9.99. The highest BCUT2D eigenvalue weighted by Crippen LogP contribution is 2.66. The lowest BCUT2D eigenvalue weighted by atomic mass is 10.2. The van der Waals surface area contributed by atoms with E-state index in [1.54, 1.807) is 0 Å². The van der Waals surface area contributed by atoms with Crippen molar-refractivity contribution in [3.63, 3.8) is 0 Å². The third-order valence-corrected chi connectivity index (χ3v) is 7.20. The maximum absolute atomic E-state index is 11.7. The molecule has 0 radical (unpaired) electrons. The van der Waals surface area contributed by atoms with Gasteiger partial charge in [0.1, 0.15) is 18.1 Å². The molecular weight excluding hydrogens is 465 g/mol. The number of phosphoric ester groups is 1. The maximum Gasteiger partial charge on any atom is 0.490 e. The number of carbonyl (C=O) groups excluding carboxylic acids is 1. The molecular formula is C9H17N4O13P3. The number of aliphatic hydroxyl groups excluding tert-OH is 1. The summed E-state index contributed by atoms with van der Waals surface area (Å²) in [5, 5.41) is 9.99. The molecule has 0 saturated carbocycles. The highest BCUT2D eigenvalue weighted by Gasteiger charge is 2.43. The number of carbonyl (C=O) groups is 1. The summed E-state index contributed by atoms with van der Waals surface area (Å²) in [7, 11) is -16.5. The molecule has 5 atom stereocenters. The molecule has 0 bridgehead atoms. The van der Waals surface area contributed by atoms with E-state index in [4.69, 9.17) is 30.9 Å². The number of anilines is 1. The molecule has 2 heterocycles. The molecule has 1 saturated heterocycles. The number of nitrogen functional groups attached to an aromatic ring is 1. The summed E-state index contributed by atoms with van der Waals surface area (Å²) < 4.78 is 51.6. The van der Waals surface area contributed by atoms with Gasteiger partial charge in [0.05, 0.1) is 19.0 Å². The minimum absolute atomic E-state index is 0.108. The lowest BCUT2D eigenvalue weighted by Crippen LogP contribution is -2.26. The molecule has 1 aliphatic heterocycles.